The van der Waals surface area contributed by atoms with Crippen LogP contribution in [0.15, 0.2) is 18.2 Å². The van der Waals surface area contributed by atoms with Crippen molar-refractivity contribution >= 4 is 0 Å². The molecule has 0 radical (unpaired) electrons. The third kappa shape index (κ3) is 2.63. The molecule has 1 aromatic carbocycles. The van der Waals surface area contributed by atoms with E-state index in [1.54, 1.807) is 7.11 Å². The van der Waals surface area contributed by atoms with Gasteiger partial charge in [-0.1, -0.05) is 25.0 Å². The Kier molecular flexibility index (Phi) is 4.04. The molecule has 2 aliphatic rings. The van der Waals surface area contributed by atoms with Gasteiger partial charge in [-0.05, 0) is 37.6 Å². The number of nitrogens with one attached hydrogen (secondary N) is 1. The van der Waals surface area contributed by atoms with Crippen LogP contribution in [0.3, 0.4) is 0 Å². The molecule has 0 saturated carbocycles. The molecule has 1 fully saturated rings. The van der Waals surface area contributed by atoms with Crippen LogP contribution in [0.25, 0.3) is 0 Å². The third-order valence-corrected chi connectivity index (χ3v) is 4.44. The van der Waals surface area contributed by atoms with Crippen LogP contribution in [0.1, 0.15) is 42.9 Å². The number of fused-ring (bicyclic) bond motifs is 1. The van der Waals surface area contributed by atoms with Gasteiger partial charge in [-0.15, -0.1) is 0 Å². The first kappa shape index (κ1) is 12.9. The molecule has 2 heterocycles. The lowest BCUT2D eigenvalue weighted by molar-refractivity contribution is 0.188. The topological polar surface area (TPSA) is 24.5 Å². The molecule has 0 aromatic heterocycles. The van der Waals surface area contributed by atoms with Gasteiger partial charge in [0.25, 0.3) is 0 Å². The van der Waals surface area contributed by atoms with Crippen molar-refractivity contribution in [3.8, 4) is 5.75 Å². The number of nitrogens with zero attached hydrogens (tertiary/aromatic N) is 1. The molecule has 1 aromatic rings. The maximum atomic E-state index is 5.61. The Bertz CT molecular complexity index is 411. The standard InChI is InChI=1S/C16H24N2O/c1-19-15-8-6-7-13-11-17-12-14(16(13)15)18-9-4-2-3-5-10-18/h6-8,14,17H,2-5,9-12H2,1H3/t14-/m0/s1. The summed E-state index contributed by atoms with van der Waals surface area (Å²) in [4.78, 5) is 2.65. The van der Waals surface area contributed by atoms with Crippen molar-refractivity contribution in [2.45, 2.75) is 38.3 Å². The Morgan fingerprint density at radius 2 is 1.95 bits per heavy atom. The Morgan fingerprint density at radius 3 is 2.68 bits per heavy atom. The van der Waals surface area contributed by atoms with Crippen molar-refractivity contribution in [1.29, 1.82) is 0 Å². The van der Waals surface area contributed by atoms with Crippen LogP contribution in [-0.4, -0.2) is 31.6 Å². The molecule has 3 nitrogen and oxygen atoms in total. The molecule has 0 aliphatic carbocycles. The molecule has 1 N–H and O–H groups in total. The molecule has 2 aliphatic heterocycles. The van der Waals surface area contributed by atoms with E-state index in [0.717, 1.165) is 18.8 Å². The molecule has 1 saturated heterocycles. The lowest BCUT2D eigenvalue weighted by Gasteiger charge is -2.36. The van der Waals surface area contributed by atoms with E-state index in [1.807, 2.05) is 0 Å². The highest BCUT2D eigenvalue weighted by atomic mass is 16.5. The van der Waals surface area contributed by atoms with Crippen LogP contribution in [0.2, 0.25) is 0 Å². The van der Waals surface area contributed by atoms with E-state index in [9.17, 15) is 0 Å². The second-order valence-electron chi connectivity index (χ2n) is 5.63. The third-order valence-electron chi connectivity index (χ3n) is 4.44. The van der Waals surface area contributed by atoms with Gasteiger partial charge < -0.3 is 10.1 Å². The molecule has 0 spiro atoms. The number of hydrogen-bond donors (Lipinski definition) is 1. The second kappa shape index (κ2) is 5.93. The number of methoxy groups -OCH3 is 1. The van der Waals surface area contributed by atoms with E-state index in [-0.39, 0.29) is 0 Å². The van der Waals surface area contributed by atoms with Crippen LogP contribution >= 0.6 is 0 Å². The number of benzene rings is 1. The number of hydrogen-bond acceptors (Lipinski definition) is 3. The Morgan fingerprint density at radius 1 is 1.16 bits per heavy atom. The van der Waals surface area contributed by atoms with Crippen molar-refractivity contribution in [3.05, 3.63) is 29.3 Å². The van der Waals surface area contributed by atoms with Crippen molar-refractivity contribution < 1.29 is 4.74 Å². The Balaban J connectivity index is 1.92. The predicted octanol–water partition coefficient (Wildman–Crippen LogP) is 2.72. The first-order chi connectivity index (χ1) is 9.40. The SMILES string of the molecule is COc1cccc2c1[C@@H](N1CCCCCC1)CNC2. The summed E-state index contributed by atoms with van der Waals surface area (Å²) < 4.78 is 5.61. The van der Waals surface area contributed by atoms with Crippen molar-refractivity contribution in [2.75, 3.05) is 26.7 Å². The summed E-state index contributed by atoms with van der Waals surface area (Å²) in [5.74, 6) is 1.06. The molecular weight excluding hydrogens is 236 g/mol. The van der Waals surface area contributed by atoms with Gasteiger partial charge in [-0.25, -0.2) is 0 Å². The molecule has 0 bridgehead atoms. The van der Waals surface area contributed by atoms with Gasteiger partial charge in [0.05, 0.1) is 13.2 Å². The minimum Gasteiger partial charge on any atom is -0.496 e. The van der Waals surface area contributed by atoms with E-state index < -0.39 is 0 Å². The minimum absolute atomic E-state index is 0.484. The zero-order chi connectivity index (χ0) is 13.1. The lowest BCUT2D eigenvalue weighted by Crippen LogP contribution is -2.40. The van der Waals surface area contributed by atoms with Crippen molar-refractivity contribution in [3.63, 3.8) is 0 Å². The van der Waals surface area contributed by atoms with Gasteiger partial charge in [0, 0.05) is 18.7 Å². The average Bonchev–Trinajstić information content (AvgIpc) is 2.75. The van der Waals surface area contributed by atoms with E-state index in [2.05, 4.69) is 28.4 Å². The summed E-state index contributed by atoms with van der Waals surface area (Å²) in [6.45, 7) is 4.47. The molecule has 0 unspecified atom stereocenters. The molecule has 19 heavy (non-hydrogen) atoms. The van der Waals surface area contributed by atoms with E-state index in [0.29, 0.717) is 6.04 Å². The predicted molar refractivity (Wildman–Crippen MR) is 77.5 cm³/mol. The zero-order valence-corrected chi connectivity index (χ0v) is 11.8. The van der Waals surface area contributed by atoms with Crippen LogP contribution in [0.5, 0.6) is 5.75 Å². The van der Waals surface area contributed by atoms with Gasteiger partial charge in [-0.3, -0.25) is 4.90 Å². The molecule has 104 valence electrons. The fourth-order valence-corrected chi connectivity index (χ4v) is 3.46. The summed E-state index contributed by atoms with van der Waals surface area (Å²) in [5.41, 5.74) is 2.82. The van der Waals surface area contributed by atoms with Gasteiger partial charge in [-0.2, -0.15) is 0 Å². The highest BCUT2D eigenvalue weighted by Gasteiger charge is 2.28. The summed E-state index contributed by atoms with van der Waals surface area (Å²) in [6, 6.07) is 6.92. The van der Waals surface area contributed by atoms with Crippen LogP contribution < -0.4 is 10.1 Å². The number of ether oxygens (including phenoxy) is 1. The average molecular weight is 260 g/mol. The Hall–Kier alpha value is -1.06. The molecule has 0 amide bonds. The van der Waals surface area contributed by atoms with Crippen LogP contribution in [0, 0.1) is 0 Å². The maximum Gasteiger partial charge on any atom is 0.124 e. The summed E-state index contributed by atoms with van der Waals surface area (Å²) in [7, 11) is 1.79. The van der Waals surface area contributed by atoms with E-state index in [1.165, 1.54) is 49.9 Å². The fraction of sp³-hybridized carbons (Fsp3) is 0.625. The number of rotatable bonds is 2. The highest BCUT2D eigenvalue weighted by molar-refractivity contribution is 5.44. The van der Waals surface area contributed by atoms with Crippen LogP contribution in [-0.2, 0) is 6.54 Å². The summed E-state index contributed by atoms with van der Waals surface area (Å²) in [5, 5.41) is 3.56. The first-order valence-corrected chi connectivity index (χ1v) is 7.50. The smallest absolute Gasteiger partial charge is 0.124 e. The number of likely N-dealkylation sites (tertiary alicyclic amines) is 1. The monoisotopic (exact) mass is 260 g/mol. The Labute approximate surface area is 115 Å². The highest BCUT2D eigenvalue weighted by Crippen LogP contribution is 2.35. The summed E-state index contributed by atoms with van der Waals surface area (Å²) in [6.07, 6.45) is 5.44. The minimum atomic E-state index is 0.484. The van der Waals surface area contributed by atoms with E-state index in [4.69, 9.17) is 4.74 Å². The quantitative estimate of drug-likeness (QED) is 0.885. The van der Waals surface area contributed by atoms with Gasteiger partial charge in [0.1, 0.15) is 5.75 Å². The zero-order valence-electron chi connectivity index (χ0n) is 11.8. The molecule has 3 rings (SSSR count). The van der Waals surface area contributed by atoms with Gasteiger partial charge in [0.2, 0.25) is 0 Å². The largest absolute Gasteiger partial charge is 0.496 e. The second-order valence-corrected chi connectivity index (χ2v) is 5.63. The molecule has 1 atom stereocenters. The summed E-state index contributed by atoms with van der Waals surface area (Å²) >= 11 is 0. The van der Waals surface area contributed by atoms with Crippen LogP contribution in [0.4, 0.5) is 0 Å². The van der Waals surface area contributed by atoms with Gasteiger partial charge >= 0.3 is 0 Å². The van der Waals surface area contributed by atoms with E-state index >= 15 is 0 Å². The van der Waals surface area contributed by atoms with Crippen molar-refractivity contribution in [1.82, 2.24) is 10.2 Å². The molecular formula is C16H24N2O. The maximum absolute atomic E-state index is 5.61. The lowest BCUT2D eigenvalue weighted by atomic mass is 9.94. The fourth-order valence-electron chi connectivity index (χ4n) is 3.46. The molecule has 3 heteroatoms. The van der Waals surface area contributed by atoms with Gasteiger partial charge in [0.15, 0.2) is 0 Å². The normalized spacial score (nSPS) is 24.6. The first-order valence-electron chi connectivity index (χ1n) is 7.50. The van der Waals surface area contributed by atoms with Crippen molar-refractivity contribution in [2.24, 2.45) is 0 Å².